The Morgan fingerprint density at radius 1 is 1.14 bits per heavy atom. The molecule has 1 heterocycles. The van der Waals surface area contributed by atoms with E-state index in [2.05, 4.69) is 74.9 Å². The van der Waals surface area contributed by atoms with Crippen molar-refractivity contribution >= 4 is 0 Å². The van der Waals surface area contributed by atoms with Gasteiger partial charge in [-0.1, -0.05) is 37.3 Å². The molecule has 2 atom stereocenters. The predicted octanol–water partition coefficient (Wildman–Crippen LogP) is 4.11. The monoisotopic (exact) mass is 285 g/mol. The van der Waals surface area contributed by atoms with Crippen molar-refractivity contribution in [3.63, 3.8) is 0 Å². The fraction of sp³-hybridized carbons (Fsp3) is 0.500. The number of aromatic nitrogens is 2. The minimum Gasteiger partial charge on any atom is -0.308 e. The number of nitrogens with zero attached hydrogens (tertiary/aromatic N) is 2. The highest BCUT2D eigenvalue weighted by Crippen LogP contribution is 2.28. The van der Waals surface area contributed by atoms with Gasteiger partial charge < -0.3 is 5.32 Å². The molecule has 0 bridgehead atoms. The predicted molar refractivity (Wildman–Crippen MR) is 88.6 cm³/mol. The van der Waals surface area contributed by atoms with Crippen molar-refractivity contribution in [3.05, 3.63) is 52.8 Å². The fourth-order valence-corrected chi connectivity index (χ4v) is 2.81. The normalized spacial score (nSPS) is 14.1. The minimum absolute atomic E-state index is 0.281. The maximum atomic E-state index is 4.74. The highest BCUT2D eigenvalue weighted by molar-refractivity contribution is 5.25. The van der Waals surface area contributed by atoms with Crippen LogP contribution in [0.25, 0.3) is 0 Å². The lowest BCUT2D eigenvalue weighted by Crippen LogP contribution is -2.30. The summed E-state index contributed by atoms with van der Waals surface area (Å²) in [5.74, 6) is 0. The first-order chi connectivity index (χ1) is 10.1. The minimum atomic E-state index is 0.281. The zero-order valence-electron chi connectivity index (χ0n) is 13.9. The van der Waals surface area contributed by atoms with Crippen LogP contribution in [0, 0.1) is 20.8 Å². The van der Waals surface area contributed by atoms with Crippen LogP contribution in [0.4, 0.5) is 0 Å². The zero-order chi connectivity index (χ0) is 15.4. The number of hydrogen-bond acceptors (Lipinski definition) is 2. The van der Waals surface area contributed by atoms with E-state index in [1.165, 1.54) is 16.8 Å². The van der Waals surface area contributed by atoms with Gasteiger partial charge in [0.05, 0.1) is 17.8 Å². The molecule has 0 aliphatic rings. The summed E-state index contributed by atoms with van der Waals surface area (Å²) >= 11 is 0. The Balaban J connectivity index is 2.33. The van der Waals surface area contributed by atoms with Crippen LogP contribution in [-0.4, -0.2) is 16.3 Å². The number of benzene rings is 1. The van der Waals surface area contributed by atoms with Gasteiger partial charge in [0.1, 0.15) is 0 Å². The van der Waals surface area contributed by atoms with Crippen LogP contribution in [0.5, 0.6) is 0 Å². The van der Waals surface area contributed by atoms with Crippen LogP contribution < -0.4 is 5.32 Å². The Labute approximate surface area is 128 Å². The third kappa shape index (κ3) is 3.35. The number of hydrogen-bond donors (Lipinski definition) is 1. The quantitative estimate of drug-likeness (QED) is 0.865. The van der Waals surface area contributed by atoms with E-state index < -0.39 is 0 Å². The van der Waals surface area contributed by atoms with Gasteiger partial charge in [0.15, 0.2) is 0 Å². The van der Waals surface area contributed by atoms with Crippen LogP contribution >= 0.6 is 0 Å². The van der Waals surface area contributed by atoms with Gasteiger partial charge in [0.25, 0.3) is 0 Å². The van der Waals surface area contributed by atoms with Gasteiger partial charge in [-0.2, -0.15) is 5.10 Å². The maximum absolute atomic E-state index is 4.74. The van der Waals surface area contributed by atoms with Gasteiger partial charge in [0.2, 0.25) is 0 Å². The smallest absolute Gasteiger partial charge is 0.0689 e. The van der Waals surface area contributed by atoms with E-state index in [0.717, 1.165) is 18.7 Å². The van der Waals surface area contributed by atoms with Crippen LogP contribution in [0.2, 0.25) is 0 Å². The van der Waals surface area contributed by atoms with Crippen molar-refractivity contribution in [2.45, 2.75) is 53.1 Å². The van der Waals surface area contributed by atoms with Crippen LogP contribution in [0.3, 0.4) is 0 Å². The SMILES string of the molecule is CCCNC(c1ccccc1)C(C)n1nc(C)c(C)c1C. The molecule has 3 heteroatoms. The van der Waals surface area contributed by atoms with E-state index >= 15 is 0 Å². The standard InChI is InChI=1S/C18H27N3/c1-6-12-19-18(17-10-8-7-9-11-17)16(5)21-15(4)13(2)14(3)20-21/h7-11,16,18-19H,6,12H2,1-5H3. The summed E-state index contributed by atoms with van der Waals surface area (Å²) in [6, 6.07) is 11.2. The Morgan fingerprint density at radius 2 is 1.81 bits per heavy atom. The number of rotatable bonds is 6. The van der Waals surface area contributed by atoms with E-state index in [-0.39, 0.29) is 12.1 Å². The first kappa shape index (κ1) is 15.8. The molecule has 0 aliphatic heterocycles. The van der Waals surface area contributed by atoms with E-state index in [0.29, 0.717) is 0 Å². The second-order valence-electron chi connectivity index (χ2n) is 5.82. The van der Waals surface area contributed by atoms with Gasteiger partial charge in [-0.3, -0.25) is 4.68 Å². The molecule has 0 saturated carbocycles. The molecule has 1 aromatic heterocycles. The molecule has 1 N–H and O–H groups in total. The lowest BCUT2D eigenvalue weighted by molar-refractivity contribution is 0.348. The van der Waals surface area contributed by atoms with Crippen LogP contribution in [0.1, 0.15) is 54.9 Å². The topological polar surface area (TPSA) is 29.9 Å². The van der Waals surface area contributed by atoms with E-state index in [4.69, 9.17) is 5.10 Å². The maximum Gasteiger partial charge on any atom is 0.0689 e. The summed E-state index contributed by atoms with van der Waals surface area (Å²) in [7, 11) is 0. The lowest BCUT2D eigenvalue weighted by atomic mass is 10.00. The molecule has 2 unspecified atom stereocenters. The molecule has 0 spiro atoms. The summed E-state index contributed by atoms with van der Waals surface area (Å²) in [6.07, 6.45) is 1.13. The summed E-state index contributed by atoms with van der Waals surface area (Å²) in [5.41, 5.74) is 5.01. The highest BCUT2D eigenvalue weighted by Gasteiger charge is 2.23. The Hall–Kier alpha value is -1.61. The lowest BCUT2D eigenvalue weighted by Gasteiger charge is -2.27. The second-order valence-corrected chi connectivity index (χ2v) is 5.82. The Bertz CT molecular complexity index is 572. The summed E-state index contributed by atoms with van der Waals surface area (Å²) in [5, 5.41) is 8.42. The third-order valence-corrected chi connectivity index (χ3v) is 4.33. The molecule has 1 aromatic carbocycles. The molecule has 21 heavy (non-hydrogen) atoms. The Morgan fingerprint density at radius 3 is 2.33 bits per heavy atom. The third-order valence-electron chi connectivity index (χ3n) is 4.33. The summed E-state index contributed by atoms with van der Waals surface area (Å²) < 4.78 is 2.17. The van der Waals surface area contributed by atoms with Crippen molar-refractivity contribution in [1.29, 1.82) is 0 Å². The van der Waals surface area contributed by atoms with Crippen molar-refractivity contribution < 1.29 is 0 Å². The van der Waals surface area contributed by atoms with Crippen LogP contribution in [-0.2, 0) is 0 Å². The number of nitrogens with one attached hydrogen (secondary N) is 1. The molecule has 2 aromatic rings. The average Bonchev–Trinajstić information content (AvgIpc) is 2.76. The average molecular weight is 285 g/mol. The van der Waals surface area contributed by atoms with Gasteiger partial charge in [0, 0.05) is 5.69 Å². The molecule has 0 amide bonds. The second kappa shape index (κ2) is 6.90. The highest BCUT2D eigenvalue weighted by atomic mass is 15.3. The molecule has 3 nitrogen and oxygen atoms in total. The van der Waals surface area contributed by atoms with E-state index in [9.17, 15) is 0 Å². The van der Waals surface area contributed by atoms with Gasteiger partial charge in [-0.25, -0.2) is 0 Å². The molecule has 0 fully saturated rings. The first-order valence-corrected chi connectivity index (χ1v) is 7.86. The van der Waals surface area contributed by atoms with Crippen molar-refractivity contribution in [1.82, 2.24) is 15.1 Å². The molecule has 0 saturated heterocycles. The van der Waals surface area contributed by atoms with Crippen LogP contribution in [0.15, 0.2) is 30.3 Å². The van der Waals surface area contributed by atoms with E-state index in [1.54, 1.807) is 0 Å². The first-order valence-electron chi connectivity index (χ1n) is 7.86. The number of aryl methyl sites for hydroxylation is 1. The molecular weight excluding hydrogens is 258 g/mol. The fourth-order valence-electron chi connectivity index (χ4n) is 2.81. The van der Waals surface area contributed by atoms with Crippen molar-refractivity contribution in [3.8, 4) is 0 Å². The van der Waals surface area contributed by atoms with Gasteiger partial charge in [-0.15, -0.1) is 0 Å². The van der Waals surface area contributed by atoms with Crippen molar-refractivity contribution in [2.24, 2.45) is 0 Å². The molecule has 114 valence electrons. The molecule has 2 rings (SSSR count). The van der Waals surface area contributed by atoms with Crippen molar-refractivity contribution in [2.75, 3.05) is 6.54 Å². The Kier molecular flexibility index (Phi) is 5.18. The molecule has 0 radical (unpaired) electrons. The molecular formula is C18H27N3. The van der Waals surface area contributed by atoms with E-state index in [1.807, 2.05) is 0 Å². The summed E-state index contributed by atoms with van der Waals surface area (Å²) in [6.45, 7) is 11.9. The largest absolute Gasteiger partial charge is 0.308 e. The summed E-state index contributed by atoms with van der Waals surface area (Å²) in [4.78, 5) is 0. The van der Waals surface area contributed by atoms with Gasteiger partial charge in [-0.05, 0) is 51.8 Å². The van der Waals surface area contributed by atoms with Gasteiger partial charge >= 0.3 is 0 Å². The molecule has 0 aliphatic carbocycles. The zero-order valence-corrected chi connectivity index (χ0v) is 13.9.